The van der Waals surface area contributed by atoms with Crippen molar-refractivity contribution in [3.63, 3.8) is 0 Å². The first-order valence-electron chi connectivity index (χ1n) is 13.0. The summed E-state index contributed by atoms with van der Waals surface area (Å²) in [6.45, 7) is 13.9. The Hall–Kier alpha value is -3.21. The molecule has 9 atom stereocenters. The van der Waals surface area contributed by atoms with Gasteiger partial charge in [-0.2, -0.15) is 0 Å². The number of fused-ring (bicyclic) bond motifs is 2. The summed E-state index contributed by atoms with van der Waals surface area (Å²) in [5, 5.41) is 12.3. The molecule has 1 aliphatic heterocycles. The van der Waals surface area contributed by atoms with Crippen LogP contribution < -0.4 is 0 Å². The van der Waals surface area contributed by atoms with Crippen LogP contribution in [-0.4, -0.2) is 71.1 Å². The molecule has 1 N–H and O–H groups in total. The van der Waals surface area contributed by atoms with Gasteiger partial charge in [0.1, 0.15) is 24.4 Å². The molecular weight excluding hydrogens is 512 g/mol. The second-order valence-corrected chi connectivity index (χ2v) is 11.0. The van der Waals surface area contributed by atoms with Crippen molar-refractivity contribution < 1.29 is 52.8 Å². The van der Waals surface area contributed by atoms with Crippen LogP contribution in [-0.2, 0) is 47.7 Å². The van der Waals surface area contributed by atoms with Gasteiger partial charge in [-0.25, -0.2) is 0 Å². The van der Waals surface area contributed by atoms with Crippen LogP contribution in [0, 0.1) is 17.3 Å². The number of hydrogen-bond donors (Lipinski definition) is 1. The molecule has 3 rings (SSSR count). The van der Waals surface area contributed by atoms with Gasteiger partial charge in [0, 0.05) is 40.0 Å². The highest BCUT2D eigenvalue weighted by Crippen LogP contribution is 2.56. The second-order valence-electron chi connectivity index (χ2n) is 11.0. The van der Waals surface area contributed by atoms with Gasteiger partial charge in [-0.15, -0.1) is 0 Å². The number of allylic oxidation sites excluding steroid dienone is 1. The van der Waals surface area contributed by atoms with Crippen LogP contribution in [0.3, 0.4) is 0 Å². The minimum absolute atomic E-state index is 0.0128. The molecule has 216 valence electrons. The maximum absolute atomic E-state index is 12.8. The second kappa shape index (κ2) is 11.1. The van der Waals surface area contributed by atoms with E-state index in [1.165, 1.54) is 27.7 Å². The van der Waals surface area contributed by atoms with Crippen LogP contribution in [0.15, 0.2) is 23.8 Å². The number of ether oxygens (including phenoxy) is 5. The Kier molecular flexibility index (Phi) is 8.64. The topological polar surface area (TPSA) is 152 Å². The maximum Gasteiger partial charge on any atom is 0.312 e. The lowest BCUT2D eigenvalue weighted by Crippen LogP contribution is -2.68. The zero-order chi connectivity index (χ0) is 29.4. The predicted octanol–water partition coefficient (Wildman–Crippen LogP) is 2.33. The largest absolute Gasteiger partial charge is 0.462 e. The summed E-state index contributed by atoms with van der Waals surface area (Å²) in [6, 6.07) is 0. The van der Waals surface area contributed by atoms with Crippen molar-refractivity contribution >= 4 is 29.8 Å². The van der Waals surface area contributed by atoms with E-state index in [-0.39, 0.29) is 12.8 Å². The molecule has 11 nitrogen and oxygen atoms in total. The first kappa shape index (κ1) is 30.3. The Morgan fingerprint density at radius 1 is 0.974 bits per heavy atom. The predicted molar refractivity (Wildman–Crippen MR) is 135 cm³/mol. The van der Waals surface area contributed by atoms with Gasteiger partial charge in [0.05, 0.1) is 11.3 Å². The zero-order valence-electron chi connectivity index (χ0n) is 23.5. The van der Waals surface area contributed by atoms with E-state index in [1.54, 1.807) is 19.9 Å². The van der Waals surface area contributed by atoms with Gasteiger partial charge in [0.2, 0.25) is 0 Å². The number of aliphatic hydroxyl groups is 1. The lowest BCUT2D eigenvalue weighted by molar-refractivity contribution is -0.235. The molecule has 0 aromatic heterocycles. The highest BCUT2D eigenvalue weighted by atomic mass is 16.6. The average molecular weight is 551 g/mol. The lowest BCUT2D eigenvalue weighted by Gasteiger charge is -2.56. The van der Waals surface area contributed by atoms with Gasteiger partial charge in [-0.1, -0.05) is 24.6 Å². The Morgan fingerprint density at radius 2 is 1.51 bits per heavy atom. The van der Waals surface area contributed by atoms with Gasteiger partial charge in [-0.05, 0) is 32.8 Å². The van der Waals surface area contributed by atoms with E-state index in [1.807, 2.05) is 0 Å². The Bertz CT molecular complexity index is 1090. The number of carbonyl (C=O) groups excluding carboxylic acids is 5. The van der Waals surface area contributed by atoms with E-state index in [4.69, 9.17) is 23.7 Å². The summed E-state index contributed by atoms with van der Waals surface area (Å²) in [5.41, 5.74) is -2.41. The summed E-state index contributed by atoms with van der Waals surface area (Å²) in [7, 11) is 0. The van der Waals surface area contributed by atoms with E-state index in [0.29, 0.717) is 12.0 Å². The number of carbonyl (C=O) groups is 5. The van der Waals surface area contributed by atoms with Crippen molar-refractivity contribution in [3.8, 4) is 0 Å². The number of esters is 5. The molecule has 1 saturated heterocycles. The molecule has 39 heavy (non-hydrogen) atoms. The molecule has 0 aromatic rings. The smallest absolute Gasteiger partial charge is 0.312 e. The maximum atomic E-state index is 12.8. The highest BCUT2D eigenvalue weighted by molar-refractivity contribution is 5.78. The fraction of sp³-hybridized carbons (Fsp3) is 0.679. The van der Waals surface area contributed by atoms with E-state index in [0.717, 1.165) is 12.5 Å². The quantitative estimate of drug-likeness (QED) is 0.312. The van der Waals surface area contributed by atoms with Crippen molar-refractivity contribution in [1.82, 2.24) is 0 Å². The molecule has 1 heterocycles. The molecule has 0 amide bonds. The normalized spacial score (nSPS) is 39.6. The first-order chi connectivity index (χ1) is 18.0. The summed E-state index contributed by atoms with van der Waals surface area (Å²) in [6.07, 6.45) is -3.61. The summed E-state index contributed by atoms with van der Waals surface area (Å²) in [4.78, 5) is 62.2. The van der Waals surface area contributed by atoms with Crippen LogP contribution in [0.4, 0.5) is 0 Å². The molecule has 0 radical (unpaired) electrons. The average Bonchev–Trinajstić information content (AvgIpc) is 3.01. The third-order valence-corrected chi connectivity index (χ3v) is 8.17. The van der Waals surface area contributed by atoms with Crippen LogP contribution >= 0.6 is 0 Å². The van der Waals surface area contributed by atoms with Crippen molar-refractivity contribution in [2.24, 2.45) is 17.3 Å². The van der Waals surface area contributed by atoms with Crippen molar-refractivity contribution in [2.45, 2.75) is 104 Å². The highest BCUT2D eigenvalue weighted by Gasteiger charge is 2.69. The molecule has 0 aromatic carbocycles. The number of hydrogen-bond acceptors (Lipinski definition) is 11. The van der Waals surface area contributed by atoms with E-state index in [2.05, 4.69) is 6.58 Å². The lowest BCUT2D eigenvalue weighted by atomic mass is 9.54. The molecule has 1 saturated carbocycles. The van der Waals surface area contributed by atoms with Crippen molar-refractivity contribution in [2.75, 3.05) is 0 Å². The molecule has 2 aliphatic carbocycles. The Balaban J connectivity index is 2.39. The van der Waals surface area contributed by atoms with Crippen LogP contribution in [0.1, 0.15) is 67.7 Å². The molecule has 11 heteroatoms. The molecule has 0 spiro atoms. The molecule has 0 bridgehead atoms. The standard InChI is InChI=1S/C28H38O11/c1-13-9-10-21(36-17(5)30)27(8)23(14(2)12-20(35-16(4)29)24(27)37-18(6)31)25(38-19(7)32)28(34)15(3)26(33)39-22(28)11-13/h11,15,20-25,34H,2,9-10,12H2,1,3-8H3/b13-11-/t15-,20-,21-,22-,23+,24-,25?,27+,28-/m0/s1. The van der Waals surface area contributed by atoms with E-state index >= 15 is 0 Å². The van der Waals surface area contributed by atoms with Gasteiger partial charge in [0.15, 0.2) is 11.7 Å². The fourth-order valence-corrected chi connectivity index (χ4v) is 6.47. The zero-order valence-corrected chi connectivity index (χ0v) is 23.5. The summed E-state index contributed by atoms with van der Waals surface area (Å²) >= 11 is 0. The van der Waals surface area contributed by atoms with Gasteiger partial charge < -0.3 is 28.8 Å². The third kappa shape index (κ3) is 5.59. The minimum atomic E-state index is -2.06. The van der Waals surface area contributed by atoms with Crippen molar-refractivity contribution in [1.29, 1.82) is 0 Å². The van der Waals surface area contributed by atoms with Crippen LogP contribution in [0.25, 0.3) is 0 Å². The molecule has 2 fully saturated rings. The van der Waals surface area contributed by atoms with Gasteiger partial charge >= 0.3 is 29.8 Å². The van der Waals surface area contributed by atoms with Crippen molar-refractivity contribution in [3.05, 3.63) is 23.8 Å². The molecule has 3 aliphatic rings. The van der Waals surface area contributed by atoms with Crippen LogP contribution in [0.2, 0.25) is 0 Å². The third-order valence-electron chi connectivity index (χ3n) is 8.17. The van der Waals surface area contributed by atoms with Gasteiger partial charge in [0.25, 0.3) is 0 Å². The van der Waals surface area contributed by atoms with E-state index in [9.17, 15) is 29.1 Å². The Labute approximate surface area is 227 Å². The van der Waals surface area contributed by atoms with E-state index < -0.39 is 83.2 Å². The molecule has 1 unspecified atom stereocenters. The first-order valence-corrected chi connectivity index (χ1v) is 13.0. The number of rotatable bonds is 4. The Morgan fingerprint density at radius 3 is 2.05 bits per heavy atom. The van der Waals surface area contributed by atoms with Crippen LogP contribution in [0.5, 0.6) is 0 Å². The monoisotopic (exact) mass is 550 g/mol. The minimum Gasteiger partial charge on any atom is -0.462 e. The SMILES string of the molecule is C=C1C[C@H](OC(C)=O)[C@H](OC(C)=O)[C@]2(C)[C@@H](OC(C)=O)CC/C(C)=C\[C@@H]3OC(=O)[C@H](C)[C@@]3(O)C(OC(C)=O)[C@@H]12. The van der Waals surface area contributed by atoms with Gasteiger partial charge in [-0.3, -0.25) is 24.0 Å². The fourth-order valence-electron chi connectivity index (χ4n) is 6.47. The summed E-state index contributed by atoms with van der Waals surface area (Å²) < 4.78 is 28.6. The molecular formula is C28H38O11. The summed E-state index contributed by atoms with van der Waals surface area (Å²) in [5.74, 6) is -5.52.